The van der Waals surface area contributed by atoms with E-state index >= 15 is 0 Å². The van der Waals surface area contributed by atoms with Crippen LogP contribution in [0.5, 0.6) is 5.75 Å². The highest BCUT2D eigenvalue weighted by molar-refractivity contribution is 7.99. The Hall–Kier alpha value is -3.61. The van der Waals surface area contributed by atoms with Crippen LogP contribution in [0.3, 0.4) is 0 Å². The number of benzene rings is 2. The van der Waals surface area contributed by atoms with Gasteiger partial charge in [-0.3, -0.25) is 9.59 Å². The molecule has 2 heterocycles. The van der Waals surface area contributed by atoms with Gasteiger partial charge in [-0.05, 0) is 43.3 Å². The van der Waals surface area contributed by atoms with E-state index < -0.39 is 6.04 Å². The van der Waals surface area contributed by atoms with E-state index in [9.17, 15) is 9.59 Å². The number of carbonyl (C=O) groups is 2. The quantitative estimate of drug-likeness (QED) is 0.492. The first-order valence-corrected chi connectivity index (χ1v) is 12.6. The smallest absolute Gasteiger partial charge is 0.248 e. The molecule has 0 aliphatic carbocycles. The van der Waals surface area contributed by atoms with Crippen LogP contribution in [-0.2, 0) is 16.2 Å². The second kappa shape index (κ2) is 11.0. The molecule has 1 atom stereocenters. The highest BCUT2D eigenvalue weighted by Crippen LogP contribution is 2.25. The summed E-state index contributed by atoms with van der Waals surface area (Å²) in [4.78, 5) is 31.7. The normalized spacial score (nSPS) is 15.3. The Bertz CT molecular complexity index is 1250. The van der Waals surface area contributed by atoms with Gasteiger partial charge in [-0.2, -0.15) is 5.26 Å². The number of nitrogens with one attached hydrogen (secondary N) is 1. The SMILES string of the molecule is Cc1nc(COc2ccccc2/C=C/C(=O)N2CSCC2C(=O)Nc2ccc(C#N)cc2)cs1. The van der Waals surface area contributed by atoms with Crippen LogP contribution < -0.4 is 10.1 Å². The third kappa shape index (κ3) is 5.84. The largest absolute Gasteiger partial charge is 0.487 e. The number of hydrogen-bond acceptors (Lipinski definition) is 7. The minimum absolute atomic E-state index is 0.241. The summed E-state index contributed by atoms with van der Waals surface area (Å²) in [5.41, 5.74) is 2.74. The number of amides is 2. The third-order valence-corrected chi connectivity index (χ3v) is 6.95. The molecule has 1 unspecified atom stereocenters. The van der Waals surface area contributed by atoms with Crippen LogP contribution in [0, 0.1) is 18.3 Å². The number of aryl methyl sites for hydroxylation is 1. The minimum atomic E-state index is -0.572. The van der Waals surface area contributed by atoms with Gasteiger partial charge in [0.2, 0.25) is 11.8 Å². The lowest BCUT2D eigenvalue weighted by Crippen LogP contribution is -2.43. The van der Waals surface area contributed by atoms with E-state index in [2.05, 4.69) is 10.3 Å². The number of para-hydroxylation sites is 1. The number of aromatic nitrogens is 1. The second-order valence-electron chi connectivity index (χ2n) is 7.52. The molecule has 1 saturated heterocycles. The van der Waals surface area contributed by atoms with Crippen molar-refractivity contribution in [3.05, 3.63) is 81.8 Å². The van der Waals surface area contributed by atoms with E-state index in [1.807, 2.05) is 42.6 Å². The molecular weight excluding hydrogens is 468 g/mol. The van der Waals surface area contributed by atoms with Gasteiger partial charge in [0.15, 0.2) is 0 Å². The van der Waals surface area contributed by atoms with Crippen molar-refractivity contribution in [2.75, 3.05) is 16.9 Å². The molecule has 1 fully saturated rings. The number of rotatable bonds is 7. The van der Waals surface area contributed by atoms with Gasteiger partial charge in [-0.25, -0.2) is 4.98 Å². The van der Waals surface area contributed by atoms with E-state index in [1.165, 1.54) is 17.8 Å². The number of thiazole rings is 1. The summed E-state index contributed by atoms with van der Waals surface area (Å²) in [7, 11) is 0. The number of thioether (sulfide) groups is 1. The molecule has 1 aliphatic heterocycles. The number of nitriles is 1. The van der Waals surface area contributed by atoms with Gasteiger partial charge in [-0.1, -0.05) is 18.2 Å². The lowest BCUT2D eigenvalue weighted by Gasteiger charge is -2.21. The maximum absolute atomic E-state index is 12.9. The van der Waals surface area contributed by atoms with E-state index in [1.54, 1.807) is 46.6 Å². The first-order chi connectivity index (χ1) is 16.5. The Morgan fingerprint density at radius 2 is 2.06 bits per heavy atom. The molecule has 0 radical (unpaired) electrons. The highest BCUT2D eigenvalue weighted by Gasteiger charge is 2.33. The number of ether oxygens (including phenoxy) is 1. The summed E-state index contributed by atoms with van der Waals surface area (Å²) in [5.74, 6) is 1.13. The van der Waals surface area contributed by atoms with Crippen molar-refractivity contribution in [2.24, 2.45) is 0 Å². The Morgan fingerprint density at radius 1 is 1.26 bits per heavy atom. The molecule has 2 amide bonds. The zero-order valence-corrected chi connectivity index (χ0v) is 20.1. The molecule has 3 aromatic rings. The van der Waals surface area contributed by atoms with Gasteiger partial charge in [0.05, 0.1) is 28.2 Å². The van der Waals surface area contributed by atoms with Crippen molar-refractivity contribution < 1.29 is 14.3 Å². The lowest BCUT2D eigenvalue weighted by atomic mass is 10.1. The van der Waals surface area contributed by atoms with E-state index in [4.69, 9.17) is 10.00 Å². The predicted molar refractivity (Wildman–Crippen MR) is 134 cm³/mol. The molecule has 1 aromatic heterocycles. The molecular formula is C25H22N4O3S2. The van der Waals surface area contributed by atoms with Gasteiger partial charge >= 0.3 is 0 Å². The fourth-order valence-electron chi connectivity index (χ4n) is 3.36. The Labute approximate surface area is 206 Å². The predicted octanol–water partition coefficient (Wildman–Crippen LogP) is 4.46. The standard InChI is InChI=1S/C25H22N4O3S2/c1-17-27-21(14-34-17)13-32-23-5-3-2-4-19(23)8-11-24(30)29-16-33-15-22(29)25(31)28-20-9-6-18(12-26)7-10-20/h2-11,14,22H,13,15-16H2,1H3,(H,28,31)/b11-8+. The van der Waals surface area contributed by atoms with Crippen LogP contribution in [0.4, 0.5) is 5.69 Å². The van der Waals surface area contributed by atoms with E-state index in [0.29, 0.717) is 35.2 Å². The molecule has 7 nitrogen and oxygen atoms in total. The molecule has 34 heavy (non-hydrogen) atoms. The Morgan fingerprint density at radius 3 is 2.79 bits per heavy atom. The molecule has 1 aliphatic rings. The van der Waals surface area contributed by atoms with Crippen molar-refractivity contribution >= 4 is 46.7 Å². The van der Waals surface area contributed by atoms with Crippen molar-refractivity contribution in [1.82, 2.24) is 9.88 Å². The molecule has 172 valence electrons. The number of nitrogens with zero attached hydrogens (tertiary/aromatic N) is 3. The first-order valence-electron chi connectivity index (χ1n) is 10.5. The van der Waals surface area contributed by atoms with Crippen LogP contribution in [0.25, 0.3) is 6.08 Å². The number of carbonyl (C=O) groups excluding carboxylic acids is 2. The molecule has 0 bridgehead atoms. The fraction of sp³-hybridized carbons (Fsp3) is 0.200. The molecule has 4 rings (SSSR count). The van der Waals surface area contributed by atoms with Crippen molar-refractivity contribution in [2.45, 2.75) is 19.6 Å². The van der Waals surface area contributed by atoms with Crippen molar-refractivity contribution in [1.29, 1.82) is 5.26 Å². The van der Waals surface area contributed by atoms with Gasteiger partial charge in [0.1, 0.15) is 18.4 Å². The van der Waals surface area contributed by atoms with Crippen LogP contribution in [0.2, 0.25) is 0 Å². The first kappa shape index (κ1) is 23.5. The lowest BCUT2D eigenvalue weighted by molar-refractivity contribution is -0.132. The van der Waals surface area contributed by atoms with Crippen LogP contribution in [0.1, 0.15) is 21.8 Å². The summed E-state index contributed by atoms with van der Waals surface area (Å²) >= 11 is 3.11. The maximum atomic E-state index is 12.9. The van der Waals surface area contributed by atoms with Gasteiger partial charge in [0.25, 0.3) is 0 Å². The van der Waals surface area contributed by atoms with Crippen molar-refractivity contribution in [3.63, 3.8) is 0 Å². The van der Waals surface area contributed by atoms with E-state index in [-0.39, 0.29) is 11.8 Å². The second-order valence-corrected chi connectivity index (χ2v) is 9.58. The Balaban J connectivity index is 1.40. The molecule has 2 aromatic carbocycles. The molecule has 9 heteroatoms. The molecule has 1 N–H and O–H groups in total. The topological polar surface area (TPSA) is 95.3 Å². The summed E-state index contributed by atoms with van der Waals surface area (Å²) in [6, 6.07) is 15.6. The average Bonchev–Trinajstić information content (AvgIpc) is 3.51. The number of anilines is 1. The number of hydrogen-bond donors (Lipinski definition) is 1. The van der Waals surface area contributed by atoms with E-state index in [0.717, 1.165) is 16.3 Å². The zero-order chi connectivity index (χ0) is 23.9. The van der Waals surface area contributed by atoms with Crippen molar-refractivity contribution in [3.8, 4) is 11.8 Å². The average molecular weight is 491 g/mol. The van der Waals surface area contributed by atoms with Crippen LogP contribution in [0.15, 0.2) is 60.0 Å². The summed E-state index contributed by atoms with van der Waals surface area (Å²) < 4.78 is 5.92. The minimum Gasteiger partial charge on any atom is -0.487 e. The third-order valence-electron chi connectivity index (χ3n) is 5.12. The van der Waals surface area contributed by atoms with Gasteiger partial charge < -0.3 is 15.0 Å². The summed E-state index contributed by atoms with van der Waals surface area (Å²) in [6.07, 6.45) is 3.19. The zero-order valence-electron chi connectivity index (χ0n) is 18.4. The summed E-state index contributed by atoms with van der Waals surface area (Å²) in [6.45, 7) is 2.30. The maximum Gasteiger partial charge on any atom is 0.248 e. The van der Waals surface area contributed by atoms with Crippen LogP contribution >= 0.6 is 23.1 Å². The molecule has 0 spiro atoms. The van der Waals surface area contributed by atoms with Gasteiger partial charge in [-0.15, -0.1) is 23.1 Å². The Kier molecular flexibility index (Phi) is 7.62. The fourth-order valence-corrected chi connectivity index (χ4v) is 5.12. The van der Waals surface area contributed by atoms with Crippen LogP contribution in [-0.4, -0.2) is 39.4 Å². The van der Waals surface area contributed by atoms with Gasteiger partial charge in [0, 0.05) is 28.5 Å². The summed E-state index contributed by atoms with van der Waals surface area (Å²) in [5, 5.41) is 14.7. The molecule has 0 saturated carbocycles. The monoisotopic (exact) mass is 490 g/mol. The highest BCUT2D eigenvalue weighted by atomic mass is 32.2.